The largest absolute Gasteiger partial charge is 0.489 e. The molecule has 0 aromatic heterocycles. The van der Waals surface area contributed by atoms with Crippen LogP contribution in [0.5, 0.6) is 5.75 Å². The maximum Gasteiger partial charge on any atom is 0.335 e. The molecule has 0 fully saturated rings. The second kappa shape index (κ2) is 6.41. The first-order chi connectivity index (χ1) is 9.47. The third-order valence-electron chi connectivity index (χ3n) is 2.82. The summed E-state index contributed by atoms with van der Waals surface area (Å²) in [4.78, 5) is 10.9. The molecule has 2 rings (SSSR count). The van der Waals surface area contributed by atoms with Crippen LogP contribution in [0.15, 0.2) is 45.3 Å². The van der Waals surface area contributed by atoms with Crippen LogP contribution in [0.1, 0.15) is 21.5 Å². The number of carbonyl (C=O) groups is 1. The van der Waals surface area contributed by atoms with Crippen molar-refractivity contribution >= 4 is 37.8 Å². The first-order valence-corrected chi connectivity index (χ1v) is 7.46. The van der Waals surface area contributed by atoms with Crippen LogP contribution in [-0.2, 0) is 6.61 Å². The Morgan fingerprint density at radius 2 is 1.95 bits per heavy atom. The highest BCUT2D eigenvalue weighted by atomic mass is 79.9. The number of carboxylic acid groups (broad SMARTS) is 1. The number of halogens is 2. The Bertz CT molecular complexity index is 654. The van der Waals surface area contributed by atoms with E-state index in [0.29, 0.717) is 6.61 Å². The highest BCUT2D eigenvalue weighted by molar-refractivity contribution is 9.10. The predicted molar refractivity (Wildman–Crippen MR) is 84.3 cm³/mol. The monoisotopic (exact) mass is 398 g/mol. The zero-order chi connectivity index (χ0) is 14.7. The molecule has 0 spiro atoms. The summed E-state index contributed by atoms with van der Waals surface area (Å²) in [5.74, 6) is -0.135. The Hall–Kier alpha value is -1.33. The summed E-state index contributed by atoms with van der Waals surface area (Å²) in [6.07, 6.45) is 0. The maximum absolute atomic E-state index is 10.9. The minimum Gasteiger partial charge on any atom is -0.489 e. The summed E-state index contributed by atoms with van der Waals surface area (Å²) in [6, 6.07) is 10.7. The summed E-state index contributed by atoms with van der Waals surface area (Å²) >= 11 is 6.78. The van der Waals surface area contributed by atoms with Crippen molar-refractivity contribution in [3.8, 4) is 5.75 Å². The van der Waals surface area contributed by atoms with Crippen molar-refractivity contribution in [1.82, 2.24) is 0 Å². The highest BCUT2D eigenvalue weighted by Gasteiger charge is 2.08. The molecule has 0 saturated heterocycles. The van der Waals surface area contributed by atoms with Gasteiger partial charge in [0.2, 0.25) is 0 Å². The predicted octanol–water partition coefficient (Wildman–Crippen LogP) is 4.80. The van der Waals surface area contributed by atoms with Gasteiger partial charge in [-0.15, -0.1) is 0 Å². The van der Waals surface area contributed by atoms with E-state index in [0.717, 1.165) is 25.8 Å². The molecule has 0 atom stereocenters. The van der Waals surface area contributed by atoms with E-state index in [4.69, 9.17) is 9.84 Å². The molecule has 2 aromatic carbocycles. The van der Waals surface area contributed by atoms with Gasteiger partial charge in [0.25, 0.3) is 0 Å². The molecule has 0 radical (unpaired) electrons. The third-order valence-corrected chi connectivity index (χ3v) is 4.05. The smallest absolute Gasteiger partial charge is 0.335 e. The SMILES string of the molecule is Cc1cc(Br)ccc1OCc1ccc(C(=O)O)cc1Br. The van der Waals surface area contributed by atoms with Crippen LogP contribution in [-0.4, -0.2) is 11.1 Å². The number of rotatable bonds is 4. The van der Waals surface area contributed by atoms with E-state index in [9.17, 15) is 4.79 Å². The summed E-state index contributed by atoms with van der Waals surface area (Å²) in [6.45, 7) is 2.35. The average Bonchev–Trinajstić information content (AvgIpc) is 2.38. The molecular weight excluding hydrogens is 388 g/mol. The minimum absolute atomic E-state index is 0.250. The lowest BCUT2D eigenvalue weighted by atomic mass is 10.1. The first kappa shape index (κ1) is 15.1. The lowest BCUT2D eigenvalue weighted by Gasteiger charge is -2.11. The van der Waals surface area contributed by atoms with Crippen LogP contribution in [0.4, 0.5) is 0 Å². The summed E-state index contributed by atoms with van der Waals surface area (Å²) in [5, 5.41) is 8.91. The van der Waals surface area contributed by atoms with Gasteiger partial charge >= 0.3 is 5.97 Å². The van der Waals surface area contributed by atoms with Crippen molar-refractivity contribution in [1.29, 1.82) is 0 Å². The Morgan fingerprint density at radius 1 is 1.20 bits per heavy atom. The van der Waals surface area contributed by atoms with Gasteiger partial charge < -0.3 is 9.84 Å². The van der Waals surface area contributed by atoms with Crippen molar-refractivity contribution in [2.45, 2.75) is 13.5 Å². The van der Waals surface area contributed by atoms with E-state index in [1.807, 2.05) is 25.1 Å². The molecule has 0 unspecified atom stereocenters. The minimum atomic E-state index is -0.943. The normalized spacial score (nSPS) is 10.3. The van der Waals surface area contributed by atoms with Gasteiger partial charge in [0.05, 0.1) is 5.56 Å². The quantitative estimate of drug-likeness (QED) is 0.803. The summed E-state index contributed by atoms with van der Waals surface area (Å²) < 4.78 is 7.50. The fourth-order valence-corrected chi connectivity index (χ4v) is 2.70. The Labute approximate surface area is 133 Å². The molecule has 20 heavy (non-hydrogen) atoms. The average molecular weight is 400 g/mol. The van der Waals surface area contributed by atoms with Gasteiger partial charge in [0.1, 0.15) is 12.4 Å². The van der Waals surface area contributed by atoms with Crippen LogP contribution in [0.25, 0.3) is 0 Å². The Morgan fingerprint density at radius 3 is 2.55 bits per heavy atom. The molecule has 0 heterocycles. The fraction of sp³-hybridized carbons (Fsp3) is 0.133. The number of aryl methyl sites for hydroxylation is 1. The van der Waals surface area contributed by atoms with Crippen LogP contribution in [0, 0.1) is 6.92 Å². The number of carboxylic acids is 1. The van der Waals surface area contributed by atoms with Gasteiger partial charge in [-0.05, 0) is 42.8 Å². The van der Waals surface area contributed by atoms with Crippen LogP contribution >= 0.6 is 31.9 Å². The van der Waals surface area contributed by atoms with Crippen LogP contribution in [0.3, 0.4) is 0 Å². The third kappa shape index (κ3) is 3.61. The van der Waals surface area contributed by atoms with E-state index >= 15 is 0 Å². The number of hydrogen-bond acceptors (Lipinski definition) is 2. The molecule has 3 nitrogen and oxygen atoms in total. The molecule has 0 bridgehead atoms. The molecule has 0 saturated carbocycles. The second-order valence-corrected chi connectivity index (χ2v) is 6.08. The molecular formula is C15H12Br2O3. The van der Waals surface area contributed by atoms with Gasteiger partial charge in [-0.1, -0.05) is 37.9 Å². The van der Waals surface area contributed by atoms with E-state index in [1.54, 1.807) is 18.2 Å². The zero-order valence-electron chi connectivity index (χ0n) is 10.7. The van der Waals surface area contributed by atoms with Gasteiger partial charge in [-0.2, -0.15) is 0 Å². The van der Waals surface area contributed by atoms with E-state index in [-0.39, 0.29) is 5.56 Å². The molecule has 0 aliphatic rings. The van der Waals surface area contributed by atoms with Gasteiger partial charge in [0, 0.05) is 14.5 Å². The molecule has 104 valence electrons. The van der Waals surface area contributed by atoms with Crippen molar-refractivity contribution in [2.24, 2.45) is 0 Å². The number of aromatic carboxylic acids is 1. The lowest BCUT2D eigenvalue weighted by Crippen LogP contribution is -2.01. The fourth-order valence-electron chi connectivity index (χ4n) is 1.73. The lowest BCUT2D eigenvalue weighted by molar-refractivity contribution is 0.0696. The van der Waals surface area contributed by atoms with Crippen molar-refractivity contribution in [3.05, 3.63) is 62.0 Å². The topological polar surface area (TPSA) is 46.5 Å². The standard InChI is InChI=1S/C15H12Br2O3/c1-9-6-12(16)4-5-14(9)20-8-11-3-2-10(15(18)19)7-13(11)17/h2-7H,8H2,1H3,(H,18,19). The van der Waals surface area contributed by atoms with Gasteiger partial charge in [0.15, 0.2) is 0 Å². The summed E-state index contributed by atoms with van der Waals surface area (Å²) in [5.41, 5.74) is 2.19. The van der Waals surface area contributed by atoms with Crippen LogP contribution in [0.2, 0.25) is 0 Å². The zero-order valence-corrected chi connectivity index (χ0v) is 13.9. The molecule has 0 aliphatic heterocycles. The van der Waals surface area contributed by atoms with E-state index in [2.05, 4.69) is 31.9 Å². The Kier molecular flexibility index (Phi) is 4.83. The van der Waals surface area contributed by atoms with Gasteiger partial charge in [-0.3, -0.25) is 0 Å². The molecule has 1 N–H and O–H groups in total. The second-order valence-electron chi connectivity index (χ2n) is 4.31. The highest BCUT2D eigenvalue weighted by Crippen LogP contribution is 2.25. The van der Waals surface area contributed by atoms with Crippen molar-refractivity contribution in [2.75, 3.05) is 0 Å². The van der Waals surface area contributed by atoms with E-state index < -0.39 is 5.97 Å². The molecule has 0 aliphatic carbocycles. The Balaban J connectivity index is 2.13. The van der Waals surface area contributed by atoms with E-state index in [1.165, 1.54) is 0 Å². The number of hydrogen-bond donors (Lipinski definition) is 1. The van der Waals surface area contributed by atoms with Crippen molar-refractivity contribution < 1.29 is 14.6 Å². The number of benzene rings is 2. The number of ether oxygens (including phenoxy) is 1. The van der Waals surface area contributed by atoms with Gasteiger partial charge in [-0.25, -0.2) is 4.79 Å². The molecule has 0 amide bonds. The van der Waals surface area contributed by atoms with Crippen molar-refractivity contribution in [3.63, 3.8) is 0 Å². The molecule has 2 aromatic rings. The maximum atomic E-state index is 10.9. The summed E-state index contributed by atoms with van der Waals surface area (Å²) in [7, 11) is 0. The van der Waals surface area contributed by atoms with Crippen LogP contribution < -0.4 is 4.74 Å². The first-order valence-electron chi connectivity index (χ1n) is 5.88. The molecule has 5 heteroatoms.